The fraction of sp³-hybridized carbons (Fsp3) is 0.385. The Morgan fingerprint density at radius 3 is 2.70 bits per heavy atom. The summed E-state index contributed by atoms with van der Waals surface area (Å²) in [6, 6.07) is 6.55. The van der Waals surface area contributed by atoms with Crippen molar-refractivity contribution in [2.75, 3.05) is 26.4 Å². The molecule has 1 aromatic carbocycles. The van der Waals surface area contributed by atoms with Crippen molar-refractivity contribution in [3.8, 4) is 5.75 Å². The highest BCUT2D eigenvalue weighted by Crippen LogP contribution is 2.11. The number of amides is 1. The summed E-state index contributed by atoms with van der Waals surface area (Å²) in [7, 11) is 0. The zero-order valence-electron chi connectivity index (χ0n) is 11.3. The molecule has 7 heteroatoms. The third-order valence-electron chi connectivity index (χ3n) is 2.40. The van der Waals surface area contributed by atoms with Gasteiger partial charge in [-0.1, -0.05) is 5.16 Å². The Kier molecular flexibility index (Phi) is 6.91. The van der Waals surface area contributed by atoms with Crippen LogP contribution >= 0.6 is 0 Å². The maximum Gasteiger partial charge on any atom is 0.258 e. The van der Waals surface area contributed by atoms with E-state index in [-0.39, 0.29) is 18.3 Å². The van der Waals surface area contributed by atoms with Crippen LogP contribution in [0.3, 0.4) is 0 Å². The number of rotatable bonds is 8. The van der Waals surface area contributed by atoms with Crippen molar-refractivity contribution in [2.24, 2.45) is 10.9 Å². The minimum atomic E-state index is -0.217. The Morgan fingerprint density at radius 2 is 2.10 bits per heavy atom. The summed E-state index contributed by atoms with van der Waals surface area (Å²) < 4.78 is 10.4. The van der Waals surface area contributed by atoms with E-state index in [2.05, 4.69) is 10.5 Å². The molecule has 1 rings (SSSR count). The SMILES string of the molecule is CCOCCNC(=O)COc1ccc(/C(N)=N/O)cc1. The number of amidine groups is 1. The molecular weight excluding hydrogens is 262 g/mol. The maximum absolute atomic E-state index is 11.4. The van der Waals surface area contributed by atoms with E-state index in [4.69, 9.17) is 20.4 Å². The van der Waals surface area contributed by atoms with E-state index in [0.29, 0.717) is 31.1 Å². The van der Waals surface area contributed by atoms with Crippen LogP contribution in [0.2, 0.25) is 0 Å². The Balaban J connectivity index is 2.33. The summed E-state index contributed by atoms with van der Waals surface area (Å²) in [6.45, 7) is 3.38. The van der Waals surface area contributed by atoms with Gasteiger partial charge in [-0.25, -0.2) is 0 Å². The lowest BCUT2D eigenvalue weighted by Gasteiger charge is -2.08. The minimum absolute atomic E-state index is 0.0187. The number of hydrogen-bond acceptors (Lipinski definition) is 5. The van der Waals surface area contributed by atoms with Gasteiger partial charge < -0.3 is 25.7 Å². The molecule has 1 aromatic rings. The minimum Gasteiger partial charge on any atom is -0.484 e. The van der Waals surface area contributed by atoms with E-state index in [0.717, 1.165) is 0 Å². The monoisotopic (exact) mass is 281 g/mol. The lowest BCUT2D eigenvalue weighted by molar-refractivity contribution is -0.123. The molecular formula is C13H19N3O4. The van der Waals surface area contributed by atoms with Gasteiger partial charge in [0.05, 0.1) is 6.61 Å². The molecule has 0 atom stereocenters. The summed E-state index contributed by atoms with van der Waals surface area (Å²) >= 11 is 0. The average Bonchev–Trinajstić information content (AvgIpc) is 2.49. The van der Waals surface area contributed by atoms with Crippen molar-refractivity contribution in [1.29, 1.82) is 0 Å². The highest BCUT2D eigenvalue weighted by atomic mass is 16.5. The molecule has 0 aliphatic carbocycles. The zero-order valence-corrected chi connectivity index (χ0v) is 11.3. The van der Waals surface area contributed by atoms with Crippen LogP contribution in [-0.2, 0) is 9.53 Å². The first-order valence-electron chi connectivity index (χ1n) is 6.22. The van der Waals surface area contributed by atoms with Gasteiger partial charge in [0.15, 0.2) is 12.4 Å². The smallest absolute Gasteiger partial charge is 0.258 e. The van der Waals surface area contributed by atoms with Crippen LogP contribution in [0.5, 0.6) is 5.75 Å². The van der Waals surface area contributed by atoms with Crippen molar-refractivity contribution in [3.05, 3.63) is 29.8 Å². The highest BCUT2D eigenvalue weighted by molar-refractivity contribution is 5.97. The van der Waals surface area contributed by atoms with Crippen molar-refractivity contribution >= 4 is 11.7 Å². The summed E-state index contributed by atoms with van der Waals surface area (Å²) in [5, 5.41) is 14.1. The van der Waals surface area contributed by atoms with Gasteiger partial charge in [0, 0.05) is 18.7 Å². The molecule has 0 saturated carbocycles. The number of ether oxygens (including phenoxy) is 2. The average molecular weight is 281 g/mol. The number of nitrogens with zero attached hydrogens (tertiary/aromatic N) is 1. The van der Waals surface area contributed by atoms with Gasteiger partial charge in [-0.15, -0.1) is 0 Å². The molecule has 0 aromatic heterocycles. The van der Waals surface area contributed by atoms with Gasteiger partial charge in [-0.2, -0.15) is 0 Å². The van der Waals surface area contributed by atoms with Gasteiger partial charge in [-0.05, 0) is 31.2 Å². The Hall–Kier alpha value is -2.28. The van der Waals surface area contributed by atoms with Crippen molar-refractivity contribution in [1.82, 2.24) is 5.32 Å². The van der Waals surface area contributed by atoms with Crippen molar-refractivity contribution < 1.29 is 19.5 Å². The van der Waals surface area contributed by atoms with Crippen molar-refractivity contribution in [3.63, 3.8) is 0 Å². The van der Waals surface area contributed by atoms with Gasteiger partial charge >= 0.3 is 0 Å². The lowest BCUT2D eigenvalue weighted by Crippen LogP contribution is -2.31. The second kappa shape index (κ2) is 8.76. The standard InChI is InChI=1S/C13H19N3O4/c1-2-19-8-7-15-12(17)9-20-11-5-3-10(4-6-11)13(14)16-18/h3-6,18H,2,7-9H2,1H3,(H2,14,16)(H,15,17). The Morgan fingerprint density at radius 1 is 1.40 bits per heavy atom. The van der Waals surface area contributed by atoms with E-state index < -0.39 is 0 Å². The van der Waals surface area contributed by atoms with E-state index in [9.17, 15) is 4.79 Å². The number of benzene rings is 1. The van der Waals surface area contributed by atoms with Gasteiger partial charge in [-0.3, -0.25) is 4.79 Å². The second-order valence-corrected chi connectivity index (χ2v) is 3.85. The third-order valence-corrected chi connectivity index (χ3v) is 2.40. The molecule has 1 amide bonds. The molecule has 0 spiro atoms. The largest absolute Gasteiger partial charge is 0.484 e. The number of carbonyl (C=O) groups is 1. The molecule has 0 radical (unpaired) electrons. The first-order valence-corrected chi connectivity index (χ1v) is 6.22. The fourth-order valence-corrected chi connectivity index (χ4v) is 1.39. The zero-order chi connectivity index (χ0) is 14.8. The fourth-order valence-electron chi connectivity index (χ4n) is 1.39. The lowest BCUT2D eigenvalue weighted by atomic mass is 10.2. The molecule has 0 bridgehead atoms. The second-order valence-electron chi connectivity index (χ2n) is 3.85. The molecule has 0 aliphatic rings. The first-order chi connectivity index (χ1) is 9.67. The quantitative estimate of drug-likeness (QED) is 0.209. The van der Waals surface area contributed by atoms with Crippen LogP contribution in [0.1, 0.15) is 12.5 Å². The summed E-state index contributed by atoms with van der Waals surface area (Å²) in [4.78, 5) is 11.4. The van der Waals surface area contributed by atoms with Crippen LogP contribution < -0.4 is 15.8 Å². The number of carbonyl (C=O) groups excluding carboxylic acids is 1. The normalized spacial score (nSPS) is 11.2. The molecule has 4 N–H and O–H groups in total. The molecule has 110 valence electrons. The van der Waals surface area contributed by atoms with Crippen LogP contribution in [0.4, 0.5) is 0 Å². The molecule has 0 aliphatic heterocycles. The van der Waals surface area contributed by atoms with Gasteiger partial charge in [0.1, 0.15) is 5.75 Å². The van der Waals surface area contributed by atoms with E-state index >= 15 is 0 Å². The van der Waals surface area contributed by atoms with Gasteiger partial charge in [0.2, 0.25) is 0 Å². The van der Waals surface area contributed by atoms with Crippen molar-refractivity contribution in [2.45, 2.75) is 6.92 Å². The van der Waals surface area contributed by atoms with Crippen LogP contribution in [0.15, 0.2) is 29.4 Å². The topological polar surface area (TPSA) is 106 Å². The molecule has 0 fully saturated rings. The number of hydrogen-bond donors (Lipinski definition) is 3. The van der Waals surface area contributed by atoms with Crippen LogP contribution in [0, 0.1) is 0 Å². The first kappa shape index (κ1) is 15.8. The molecule has 0 unspecified atom stereocenters. The Labute approximate surface area is 117 Å². The summed E-state index contributed by atoms with van der Waals surface area (Å²) in [5.41, 5.74) is 6.00. The number of nitrogens with two attached hydrogens (primary N) is 1. The molecule has 7 nitrogen and oxygen atoms in total. The van der Waals surface area contributed by atoms with Crippen LogP contribution in [0.25, 0.3) is 0 Å². The number of nitrogens with one attached hydrogen (secondary N) is 1. The van der Waals surface area contributed by atoms with E-state index in [1.807, 2.05) is 6.92 Å². The summed E-state index contributed by atoms with van der Waals surface area (Å²) in [6.07, 6.45) is 0. The predicted molar refractivity (Wildman–Crippen MR) is 74.0 cm³/mol. The van der Waals surface area contributed by atoms with Gasteiger partial charge in [0.25, 0.3) is 5.91 Å². The number of oxime groups is 1. The van der Waals surface area contributed by atoms with Crippen LogP contribution in [-0.4, -0.2) is 43.3 Å². The molecule has 0 saturated heterocycles. The third kappa shape index (κ3) is 5.57. The molecule has 20 heavy (non-hydrogen) atoms. The summed E-state index contributed by atoms with van der Waals surface area (Å²) in [5.74, 6) is 0.329. The maximum atomic E-state index is 11.4. The molecule has 0 heterocycles. The van der Waals surface area contributed by atoms with E-state index in [1.165, 1.54) is 0 Å². The highest BCUT2D eigenvalue weighted by Gasteiger charge is 2.03. The van der Waals surface area contributed by atoms with E-state index in [1.54, 1.807) is 24.3 Å². The Bertz CT molecular complexity index is 445. The predicted octanol–water partition coefficient (Wildman–Crippen LogP) is 0.313.